The Labute approximate surface area is 147 Å². The molecule has 0 spiro atoms. The average Bonchev–Trinajstić information content (AvgIpc) is 3.01. The standard InChI is InChI=1S/C18H23ClN4O/c19-16-12-20-23(13-16)14-22-10-8-17(9-11-22)21-18(24)7-6-15-4-2-1-3-5-15/h1-5,12-13,17H,6-11,14H2,(H,21,24). The summed E-state index contributed by atoms with van der Waals surface area (Å²) in [6, 6.07) is 10.4. The van der Waals surface area contributed by atoms with Gasteiger partial charge in [0.2, 0.25) is 5.91 Å². The van der Waals surface area contributed by atoms with Crippen LogP contribution in [0.2, 0.25) is 5.02 Å². The van der Waals surface area contributed by atoms with Crippen molar-refractivity contribution in [1.82, 2.24) is 20.0 Å². The maximum atomic E-state index is 12.1. The van der Waals surface area contributed by atoms with E-state index in [1.807, 2.05) is 29.1 Å². The molecule has 1 aromatic heterocycles. The van der Waals surface area contributed by atoms with Crippen molar-refractivity contribution in [1.29, 1.82) is 0 Å². The molecule has 128 valence electrons. The topological polar surface area (TPSA) is 50.2 Å². The van der Waals surface area contributed by atoms with Crippen molar-refractivity contribution in [3.05, 3.63) is 53.3 Å². The highest BCUT2D eigenvalue weighted by Gasteiger charge is 2.20. The molecule has 0 bridgehead atoms. The monoisotopic (exact) mass is 346 g/mol. The van der Waals surface area contributed by atoms with E-state index in [0.717, 1.165) is 39.0 Å². The molecule has 1 amide bonds. The first kappa shape index (κ1) is 17.0. The Balaban J connectivity index is 1.36. The number of likely N-dealkylation sites (tertiary alicyclic amines) is 1. The number of amides is 1. The number of carbonyl (C=O) groups is 1. The number of aryl methyl sites for hydroxylation is 1. The van der Waals surface area contributed by atoms with E-state index in [1.165, 1.54) is 5.56 Å². The van der Waals surface area contributed by atoms with E-state index in [1.54, 1.807) is 6.20 Å². The first-order chi connectivity index (χ1) is 11.7. The van der Waals surface area contributed by atoms with Gasteiger partial charge in [-0.3, -0.25) is 14.4 Å². The molecule has 1 saturated heterocycles. The first-order valence-corrected chi connectivity index (χ1v) is 8.80. The summed E-state index contributed by atoms with van der Waals surface area (Å²) in [4.78, 5) is 14.4. The van der Waals surface area contributed by atoms with Crippen LogP contribution in [0.15, 0.2) is 42.7 Å². The molecule has 24 heavy (non-hydrogen) atoms. The van der Waals surface area contributed by atoms with Gasteiger partial charge in [0.05, 0.1) is 17.9 Å². The van der Waals surface area contributed by atoms with Gasteiger partial charge in [-0.05, 0) is 24.8 Å². The van der Waals surface area contributed by atoms with Crippen LogP contribution in [0.25, 0.3) is 0 Å². The second kappa shape index (κ2) is 8.31. The zero-order valence-corrected chi connectivity index (χ0v) is 14.5. The van der Waals surface area contributed by atoms with E-state index in [2.05, 4.69) is 27.4 Å². The molecule has 0 saturated carbocycles. The largest absolute Gasteiger partial charge is 0.353 e. The van der Waals surface area contributed by atoms with E-state index in [0.29, 0.717) is 11.4 Å². The smallest absolute Gasteiger partial charge is 0.220 e. The number of halogens is 1. The van der Waals surface area contributed by atoms with Crippen molar-refractivity contribution < 1.29 is 4.79 Å². The van der Waals surface area contributed by atoms with Crippen LogP contribution in [0.3, 0.4) is 0 Å². The highest BCUT2D eigenvalue weighted by Crippen LogP contribution is 2.13. The minimum atomic E-state index is 0.149. The molecule has 0 aliphatic carbocycles. The van der Waals surface area contributed by atoms with E-state index >= 15 is 0 Å². The minimum absolute atomic E-state index is 0.149. The molecule has 3 rings (SSSR count). The van der Waals surface area contributed by atoms with Gasteiger partial charge in [0, 0.05) is 31.7 Å². The van der Waals surface area contributed by atoms with Crippen molar-refractivity contribution in [2.75, 3.05) is 13.1 Å². The molecule has 2 aromatic rings. The van der Waals surface area contributed by atoms with E-state index in [4.69, 9.17) is 11.6 Å². The number of benzene rings is 1. The number of piperidine rings is 1. The molecule has 1 aliphatic heterocycles. The molecule has 1 N–H and O–H groups in total. The highest BCUT2D eigenvalue weighted by molar-refractivity contribution is 6.30. The van der Waals surface area contributed by atoms with E-state index in [9.17, 15) is 4.79 Å². The third kappa shape index (κ3) is 5.08. The van der Waals surface area contributed by atoms with Gasteiger partial charge in [-0.15, -0.1) is 0 Å². The van der Waals surface area contributed by atoms with Crippen molar-refractivity contribution in [3.8, 4) is 0 Å². The quantitative estimate of drug-likeness (QED) is 0.875. The minimum Gasteiger partial charge on any atom is -0.353 e. The molecule has 0 atom stereocenters. The molecule has 0 radical (unpaired) electrons. The van der Waals surface area contributed by atoms with Crippen molar-refractivity contribution in [3.63, 3.8) is 0 Å². The summed E-state index contributed by atoms with van der Waals surface area (Å²) in [7, 11) is 0. The van der Waals surface area contributed by atoms with Crippen LogP contribution in [0.5, 0.6) is 0 Å². The summed E-state index contributed by atoms with van der Waals surface area (Å²) in [6.45, 7) is 2.67. The molecule has 5 nitrogen and oxygen atoms in total. The van der Waals surface area contributed by atoms with Crippen LogP contribution in [-0.2, 0) is 17.9 Å². The summed E-state index contributed by atoms with van der Waals surface area (Å²) in [5, 5.41) is 8.03. The van der Waals surface area contributed by atoms with Gasteiger partial charge in [0.25, 0.3) is 0 Å². The number of hydrogen-bond donors (Lipinski definition) is 1. The Bertz CT molecular complexity index is 650. The predicted molar refractivity (Wildman–Crippen MR) is 94.7 cm³/mol. The van der Waals surface area contributed by atoms with Crippen LogP contribution in [-0.4, -0.2) is 39.7 Å². The molecular weight excluding hydrogens is 324 g/mol. The second-order valence-electron chi connectivity index (χ2n) is 6.28. The van der Waals surface area contributed by atoms with Crippen LogP contribution < -0.4 is 5.32 Å². The predicted octanol–water partition coefficient (Wildman–Crippen LogP) is 2.71. The molecule has 0 unspecified atom stereocenters. The average molecular weight is 347 g/mol. The SMILES string of the molecule is O=C(CCc1ccccc1)NC1CCN(Cn2cc(Cl)cn2)CC1. The number of nitrogens with zero attached hydrogens (tertiary/aromatic N) is 3. The van der Waals surface area contributed by atoms with Gasteiger partial charge >= 0.3 is 0 Å². The van der Waals surface area contributed by atoms with Gasteiger partial charge < -0.3 is 5.32 Å². The Morgan fingerprint density at radius 3 is 2.67 bits per heavy atom. The van der Waals surface area contributed by atoms with Gasteiger partial charge in [0.15, 0.2) is 0 Å². The van der Waals surface area contributed by atoms with Crippen LogP contribution >= 0.6 is 11.6 Å². The number of carbonyl (C=O) groups excluding carboxylic acids is 1. The number of nitrogens with one attached hydrogen (secondary N) is 1. The summed E-state index contributed by atoms with van der Waals surface area (Å²) in [5.74, 6) is 0.149. The second-order valence-corrected chi connectivity index (χ2v) is 6.72. The molecule has 1 aromatic carbocycles. The van der Waals surface area contributed by atoms with E-state index < -0.39 is 0 Å². The van der Waals surface area contributed by atoms with E-state index in [-0.39, 0.29) is 11.9 Å². The Morgan fingerprint density at radius 1 is 1.25 bits per heavy atom. The number of rotatable bonds is 6. The Kier molecular flexibility index (Phi) is 5.88. The lowest BCUT2D eigenvalue weighted by Crippen LogP contribution is -2.45. The third-order valence-corrected chi connectivity index (χ3v) is 4.58. The number of aromatic nitrogens is 2. The summed E-state index contributed by atoms with van der Waals surface area (Å²) < 4.78 is 1.85. The lowest BCUT2D eigenvalue weighted by atomic mass is 10.0. The van der Waals surface area contributed by atoms with Gasteiger partial charge in [-0.2, -0.15) is 5.10 Å². The lowest BCUT2D eigenvalue weighted by molar-refractivity contribution is -0.122. The van der Waals surface area contributed by atoms with Crippen molar-refractivity contribution >= 4 is 17.5 Å². The van der Waals surface area contributed by atoms with Crippen molar-refractivity contribution in [2.45, 2.75) is 38.4 Å². The normalized spacial score (nSPS) is 16.2. The fourth-order valence-electron chi connectivity index (χ4n) is 3.04. The molecule has 6 heteroatoms. The summed E-state index contributed by atoms with van der Waals surface area (Å²) in [5.41, 5.74) is 1.21. The Morgan fingerprint density at radius 2 is 2.00 bits per heavy atom. The summed E-state index contributed by atoms with van der Waals surface area (Å²) in [6.07, 6.45) is 6.79. The Hall–Kier alpha value is -1.85. The highest BCUT2D eigenvalue weighted by atomic mass is 35.5. The van der Waals surface area contributed by atoms with Crippen LogP contribution in [0.1, 0.15) is 24.8 Å². The fourth-order valence-corrected chi connectivity index (χ4v) is 3.20. The maximum Gasteiger partial charge on any atom is 0.220 e. The molecule has 2 heterocycles. The number of hydrogen-bond acceptors (Lipinski definition) is 3. The van der Waals surface area contributed by atoms with Gasteiger partial charge in [0.1, 0.15) is 0 Å². The van der Waals surface area contributed by atoms with Crippen molar-refractivity contribution in [2.24, 2.45) is 0 Å². The van der Waals surface area contributed by atoms with Crippen LogP contribution in [0.4, 0.5) is 0 Å². The zero-order chi connectivity index (χ0) is 16.8. The molecule has 1 fully saturated rings. The molecule has 1 aliphatic rings. The zero-order valence-electron chi connectivity index (χ0n) is 13.7. The van der Waals surface area contributed by atoms with Gasteiger partial charge in [-0.1, -0.05) is 41.9 Å². The lowest BCUT2D eigenvalue weighted by Gasteiger charge is -2.32. The third-order valence-electron chi connectivity index (χ3n) is 4.38. The summed E-state index contributed by atoms with van der Waals surface area (Å²) >= 11 is 5.88. The van der Waals surface area contributed by atoms with Crippen LogP contribution in [0, 0.1) is 0 Å². The fraction of sp³-hybridized carbons (Fsp3) is 0.444. The molecular formula is C18H23ClN4O. The maximum absolute atomic E-state index is 12.1. The van der Waals surface area contributed by atoms with Gasteiger partial charge in [-0.25, -0.2) is 0 Å². The first-order valence-electron chi connectivity index (χ1n) is 8.42.